The maximum atomic E-state index is 11.3. The number of rotatable bonds is 6. The first kappa shape index (κ1) is 14.4. The molecule has 0 aliphatic rings. The summed E-state index contributed by atoms with van der Waals surface area (Å²) in [4.78, 5) is 32.6. The maximum Gasteiger partial charge on any atom is 0.326 e. The smallest absolute Gasteiger partial charge is 0.326 e. The summed E-state index contributed by atoms with van der Waals surface area (Å²) < 4.78 is 0. The fourth-order valence-corrected chi connectivity index (χ4v) is 1.10. The number of carbonyl (C=O) groups excluding carboxylic acids is 1. The zero-order valence-corrected chi connectivity index (χ0v) is 9.56. The number of hydrogen-bond acceptors (Lipinski definition) is 3. The molecule has 0 saturated carbocycles. The highest BCUT2D eigenvalue weighted by Crippen LogP contribution is 2.06. The SMILES string of the molecule is CC(C)C[C@@H](NC(=O)C(C)C(=O)O)C(=O)O. The first-order chi connectivity index (χ1) is 7.25. The van der Waals surface area contributed by atoms with Crippen molar-refractivity contribution in [3.05, 3.63) is 0 Å². The molecule has 6 nitrogen and oxygen atoms in total. The average molecular weight is 231 g/mol. The summed E-state index contributed by atoms with van der Waals surface area (Å²) in [5.74, 6) is -4.35. The summed E-state index contributed by atoms with van der Waals surface area (Å²) in [7, 11) is 0. The highest BCUT2D eigenvalue weighted by molar-refractivity contribution is 5.97. The maximum absolute atomic E-state index is 11.3. The molecule has 0 spiro atoms. The minimum Gasteiger partial charge on any atom is -0.481 e. The Hall–Kier alpha value is -1.59. The molecule has 0 aromatic carbocycles. The molecule has 0 aliphatic heterocycles. The lowest BCUT2D eigenvalue weighted by atomic mass is 10.0. The van der Waals surface area contributed by atoms with Crippen molar-refractivity contribution in [2.45, 2.75) is 33.2 Å². The highest BCUT2D eigenvalue weighted by Gasteiger charge is 2.26. The Morgan fingerprint density at radius 1 is 1.06 bits per heavy atom. The fourth-order valence-electron chi connectivity index (χ4n) is 1.10. The Morgan fingerprint density at radius 2 is 1.56 bits per heavy atom. The lowest BCUT2D eigenvalue weighted by Gasteiger charge is -2.17. The van der Waals surface area contributed by atoms with Crippen molar-refractivity contribution in [3.8, 4) is 0 Å². The zero-order chi connectivity index (χ0) is 12.9. The van der Waals surface area contributed by atoms with Gasteiger partial charge in [-0.25, -0.2) is 4.79 Å². The Bertz CT molecular complexity index is 287. The van der Waals surface area contributed by atoms with Crippen molar-refractivity contribution >= 4 is 17.8 Å². The molecule has 3 N–H and O–H groups in total. The standard InChI is InChI=1S/C10H17NO5/c1-5(2)4-7(10(15)16)11-8(12)6(3)9(13)14/h5-7H,4H2,1-3H3,(H,11,12)(H,13,14)(H,15,16)/t6?,7-/m1/s1. The van der Waals surface area contributed by atoms with Crippen LogP contribution in [-0.2, 0) is 14.4 Å². The van der Waals surface area contributed by atoms with Crippen LogP contribution in [0.15, 0.2) is 0 Å². The molecule has 0 rings (SSSR count). The van der Waals surface area contributed by atoms with Crippen LogP contribution < -0.4 is 5.32 Å². The van der Waals surface area contributed by atoms with Crippen LogP contribution in [0.5, 0.6) is 0 Å². The predicted molar refractivity (Wildman–Crippen MR) is 55.8 cm³/mol. The third-order valence-electron chi connectivity index (χ3n) is 2.09. The molecule has 0 saturated heterocycles. The van der Waals surface area contributed by atoms with E-state index in [4.69, 9.17) is 10.2 Å². The molecule has 0 aliphatic carbocycles. The summed E-state index contributed by atoms with van der Waals surface area (Å²) in [6.07, 6.45) is 0.271. The predicted octanol–water partition coefficient (Wildman–Crippen LogP) is 0.323. The summed E-state index contributed by atoms with van der Waals surface area (Å²) >= 11 is 0. The Labute approximate surface area is 93.6 Å². The van der Waals surface area contributed by atoms with Crippen molar-refractivity contribution in [1.29, 1.82) is 0 Å². The van der Waals surface area contributed by atoms with Gasteiger partial charge in [0.25, 0.3) is 0 Å². The summed E-state index contributed by atoms with van der Waals surface area (Å²) in [6, 6.07) is -1.03. The van der Waals surface area contributed by atoms with Crippen molar-refractivity contribution in [2.75, 3.05) is 0 Å². The van der Waals surface area contributed by atoms with E-state index >= 15 is 0 Å². The van der Waals surface area contributed by atoms with Gasteiger partial charge in [0.1, 0.15) is 12.0 Å². The summed E-state index contributed by atoms with van der Waals surface area (Å²) in [6.45, 7) is 4.86. The molecule has 0 fully saturated rings. The van der Waals surface area contributed by atoms with E-state index in [1.165, 1.54) is 6.92 Å². The quantitative estimate of drug-likeness (QED) is 0.571. The van der Waals surface area contributed by atoms with E-state index in [1.54, 1.807) is 0 Å². The molecule has 0 aromatic heterocycles. The number of nitrogens with one attached hydrogen (secondary N) is 1. The van der Waals surface area contributed by atoms with Crippen molar-refractivity contribution < 1.29 is 24.6 Å². The molecule has 0 aromatic rings. The molecule has 1 amide bonds. The van der Waals surface area contributed by atoms with Gasteiger partial charge in [0.05, 0.1) is 0 Å². The zero-order valence-electron chi connectivity index (χ0n) is 9.56. The van der Waals surface area contributed by atoms with E-state index in [0.717, 1.165) is 0 Å². The van der Waals surface area contributed by atoms with Gasteiger partial charge < -0.3 is 15.5 Å². The first-order valence-electron chi connectivity index (χ1n) is 5.01. The van der Waals surface area contributed by atoms with Crippen molar-refractivity contribution in [1.82, 2.24) is 5.32 Å². The van der Waals surface area contributed by atoms with E-state index in [9.17, 15) is 14.4 Å². The van der Waals surface area contributed by atoms with Crippen LogP contribution in [0.4, 0.5) is 0 Å². The van der Waals surface area contributed by atoms with Gasteiger partial charge in [0.15, 0.2) is 0 Å². The Morgan fingerprint density at radius 3 is 1.88 bits per heavy atom. The largest absolute Gasteiger partial charge is 0.481 e. The Kier molecular flexibility index (Phi) is 5.49. The van der Waals surface area contributed by atoms with E-state index in [0.29, 0.717) is 0 Å². The molecule has 16 heavy (non-hydrogen) atoms. The number of carboxylic acid groups (broad SMARTS) is 2. The molecular formula is C10H17NO5. The fraction of sp³-hybridized carbons (Fsp3) is 0.700. The molecule has 92 valence electrons. The van der Waals surface area contributed by atoms with E-state index in [2.05, 4.69) is 5.32 Å². The Balaban J connectivity index is 4.46. The number of carboxylic acids is 2. The second kappa shape index (κ2) is 6.09. The van der Waals surface area contributed by atoms with Crippen LogP contribution in [-0.4, -0.2) is 34.1 Å². The van der Waals surface area contributed by atoms with Crippen LogP contribution in [0, 0.1) is 11.8 Å². The minimum absolute atomic E-state index is 0.0986. The molecule has 2 atom stereocenters. The van der Waals surface area contributed by atoms with Gasteiger partial charge in [-0.15, -0.1) is 0 Å². The van der Waals surface area contributed by atoms with Crippen molar-refractivity contribution in [3.63, 3.8) is 0 Å². The average Bonchev–Trinajstić information content (AvgIpc) is 2.14. The third kappa shape index (κ3) is 4.77. The molecule has 6 heteroatoms. The lowest BCUT2D eigenvalue weighted by molar-refractivity contribution is -0.149. The summed E-state index contributed by atoms with van der Waals surface area (Å²) in [5, 5.41) is 19.6. The van der Waals surface area contributed by atoms with Gasteiger partial charge in [-0.05, 0) is 19.3 Å². The molecule has 0 bridgehead atoms. The van der Waals surface area contributed by atoms with E-state index in [-0.39, 0.29) is 12.3 Å². The van der Waals surface area contributed by atoms with Crippen LogP contribution in [0.1, 0.15) is 27.2 Å². The van der Waals surface area contributed by atoms with Crippen LogP contribution in [0.25, 0.3) is 0 Å². The normalized spacial score (nSPS) is 14.2. The monoisotopic (exact) mass is 231 g/mol. The number of amides is 1. The van der Waals surface area contributed by atoms with Gasteiger partial charge in [-0.1, -0.05) is 13.8 Å². The van der Waals surface area contributed by atoms with Crippen LogP contribution in [0.2, 0.25) is 0 Å². The first-order valence-corrected chi connectivity index (χ1v) is 5.01. The molecule has 0 radical (unpaired) electrons. The number of hydrogen-bond donors (Lipinski definition) is 3. The number of aliphatic carboxylic acids is 2. The lowest BCUT2D eigenvalue weighted by Crippen LogP contribution is -2.45. The van der Waals surface area contributed by atoms with Crippen LogP contribution >= 0.6 is 0 Å². The summed E-state index contributed by atoms with van der Waals surface area (Å²) in [5.41, 5.74) is 0. The third-order valence-corrected chi connectivity index (χ3v) is 2.09. The topological polar surface area (TPSA) is 104 Å². The van der Waals surface area contributed by atoms with Crippen LogP contribution in [0.3, 0.4) is 0 Å². The highest BCUT2D eigenvalue weighted by atomic mass is 16.4. The van der Waals surface area contributed by atoms with E-state index < -0.39 is 29.8 Å². The minimum atomic E-state index is -1.27. The van der Waals surface area contributed by atoms with Gasteiger partial charge >= 0.3 is 11.9 Å². The molecule has 1 unspecified atom stereocenters. The van der Waals surface area contributed by atoms with Gasteiger partial charge in [-0.3, -0.25) is 9.59 Å². The van der Waals surface area contributed by atoms with E-state index in [1.807, 2.05) is 13.8 Å². The van der Waals surface area contributed by atoms with Gasteiger partial charge in [-0.2, -0.15) is 0 Å². The number of carbonyl (C=O) groups is 3. The van der Waals surface area contributed by atoms with Gasteiger partial charge in [0, 0.05) is 0 Å². The van der Waals surface area contributed by atoms with Crippen molar-refractivity contribution in [2.24, 2.45) is 11.8 Å². The molecular weight excluding hydrogens is 214 g/mol. The second-order valence-electron chi connectivity index (χ2n) is 4.09. The molecule has 0 heterocycles. The van der Waals surface area contributed by atoms with Gasteiger partial charge in [0.2, 0.25) is 5.91 Å². The second-order valence-corrected chi connectivity index (χ2v) is 4.09.